The van der Waals surface area contributed by atoms with Crippen molar-refractivity contribution in [2.24, 2.45) is 11.3 Å². The molecule has 0 saturated heterocycles. The first-order chi connectivity index (χ1) is 7.73. The molecule has 0 aromatic heterocycles. The van der Waals surface area contributed by atoms with E-state index in [1.165, 1.54) is 12.8 Å². The number of rotatable bonds is 8. The van der Waals surface area contributed by atoms with Crippen molar-refractivity contribution in [2.45, 2.75) is 46.6 Å². The van der Waals surface area contributed by atoms with Crippen LogP contribution in [-0.2, 0) is 10.0 Å². The Kier molecular flexibility index (Phi) is 4.98. The van der Waals surface area contributed by atoms with Crippen LogP contribution in [0.5, 0.6) is 0 Å². The highest BCUT2D eigenvalue weighted by Crippen LogP contribution is 2.24. The van der Waals surface area contributed by atoms with Gasteiger partial charge in [-0.1, -0.05) is 27.7 Å². The van der Waals surface area contributed by atoms with Crippen LogP contribution >= 0.6 is 0 Å². The van der Waals surface area contributed by atoms with Crippen molar-refractivity contribution in [1.82, 2.24) is 10.0 Å². The first-order valence-corrected chi connectivity index (χ1v) is 8.09. The molecular weight excluding hydrogens is 236 g/mol. The third kappa shape index (κ3) is 5.84. The minimum absolute atomic E-state index is 0.00299. The third-order valence-electron chi connectivity index (χ3n) is 3.69. The molecule has 1 aliphatic rings. The summed E-state index contributed by atoms with van der Waals surface area (Å²) in [6.07, 6.45) is 2.38. The molecule has 1 fully saturated rings. The molecule has 0 aliphatic heterocycles. The zero-order valence-corrected chi connectivity index (χ0v) is 12.2. The summed E-state index contributed by atoms with van der Waals surface area (Å²) in [4.78, 5) is 0. The molecule has 0 bridgehead atoms. The van der Waals surface area contributed by atoms with Gasteiger partial charge in [-0.3, -0.25) is 0 Å². The van der Waals surface area contributed by atoms with E-state index in [9.17, 15) is 8.42 Å². The Hall–Kier alpha value is -0.130. The molecule has 2 N–H and O–H groups in total. The number of sulfonamides is 1. The first kappa shape index (κ1) is 14.9. The molecule has 0 heterocycles. The third-order valence-corrected chi connectivity index (χ3v) is 5.02. The highest BCUT2D eigenvalue weighted by Gasteiger charge is 2.25. The van der Waals surface area contributed by atoms with Gasteiger partial charge in [0, 0.05) is 19.1 Å². The fraction of sp³-hybridized carbons (Fsp3) is 1.00. The molecule has 1 aliphatic carbocycles. The Morgan fingerprint density at radius 2 is 1.88 bits per heavy atom. The molecule has 1 rings (SSSR count). The van der Waals surface area contributed by atoms with Gasteiger partial charge in [0.1, 0.15) is 0 Å². The maximum atomic E-state index is 11.8. The van der Waals surface area contributed by atoms with Gasteiger partial charge >= 0.3 is 0 Å². The van der Waals surface area contributed by atoms with Gasteiger partial charge in [0.15, 0.2) is 0 Å². The maximum absolute atomic E-state index is 11.8. The lowest BCUT2D eigenvalue weighted by Gasteiger charge is -2.29. The summed E-state index contributed by atoms with van der Waals surface area (Å²) in [5, 5.41) is 3.21. The lowest BCUT2D eigenvalue weighted by molar-refractivity contribution is 0.252. The van der Waals surface area contributed by atoms with E-state index in [0.717, 1.165) is 0 Å². The molecule has 1 saturated carbocycles. The normalized spacial score (nSPS) is 17.7. The SMILES string of the molecule is CC(C)C(C)(C)CNS(=O)(=O)CCNC1CC1. The lowest BCUT2D eigenvalue weighted by atomic mass is 9.81. The zero-order valence-electron chi connectivity index (χ0n) is 11.4. The molecule has 0 unspecified atom stereocenters. The van der Waals surface area contributed by atoms with Crippen LogP contribution in [0.15, 0.2) is 0 Å². The molecule has 0 aromatic rings. The van der Waals surface area contributed by atoms with Crippen molar-refractivity contribution in [3.05, 3.63) is 0 Å². The Morgan fingerprint density at radius 3 is 2.35 bits per heavy atom. The van der Waals surface area contributed by atoms with Crippen molar-refractivity contribution in [1.29, 1.82) is 0 Å². The van der Waals surface area contributed by atoms with E-state index in [1.807, 2.05) is 0 Å². The minimum Gasteiger partial charge on any atom is -0.313 e. The summed E-state index contributed by atoms with van der Waals surface area (Å²) in [5.74, 6) is 0.632. The van der Waals surface area contributed by atoms with E-state index < -0.39 is 10.0 Å². The van der Waals surface area contributed by atoms with Crippen LogP contribution in [-0.4, -0.2) is 33.3 Å². The Labute approximate surface area is 106 Å². The highest BCUT2D eigenvalue weighted by molar-refractivity contribution is 7.89. The summed E-state index contributed by atoms with van der Waals surface area (Å²) >= 11 is 0. The minimum atomic E-state index is -3.13. The van der Waals surface area contributed by atoms with Crippen LogP contribution in [0.1, 0.15) is 40.5 Å². The molecule has 102 valence electrons. The average Bonchev–Trinajstić information content (AvgIpc) is 2.99. The first-order valence-electron chi connectivity index (χ1n) is 6.44. The van der Waals surface area contributed by atoms with Gasteiger partial charge in [-0.2, -0.15) is 0 Å². The predicted molar refractivity (Wildman–Crippen MR) is 71.4 cm³/mol. The topological polar surface area (TPSA) is 58.2 Å². The molecule has 4 nitrogen and oxygen atoms in total. The van der Waals surface area contributed by atoms with Crippen molar-refractivity contribution in [3.63, 3.8) is 0 Å². The summed E-state index contributed by atoms with van der Waals surface area (Å²) in [7, 11) is -3.13. The van der Waals surface area contributed by atoms with Gasteiger partial charge in [-0.05, 0) is 24.2 Å². The molecule has 0 amide bonds. The van der Waals surface area contributed by atoms with E-state index in [-0.39, 0.29) is 11.2 Å². The largest absolute Gasteiger partial charge is 0.313 e. The second-order valence-electron chi connectivity index (χ2n) is 6.01. The van der Waals surface area contributed by atoms with Crippen molar-refractivity contribution >= 4 is 10.0 Å². The molecule has 0 spiro atoms. The second-order valence-corrected chi connectivity index (χ2v) is 7.94. The van der Waals surface area contributed by atoms with E-state index in [2.05, 4.69) is 37.7 Å². The lowest BCUT2D eigenvalue weighted by Crippen LogP contribution is -2.39. The van der Waals surface area contributed by atoms with E-state index in [0.29, 0.717) is 25.0 Å². The van der Waals surface area contributed by atoms with Gasteiger partial charge < -0.3 is 5.32 Å². The van der Waals surface area contributed by atoms with E-state index in [4.69, 9.17) is 0 Å². The van der Waals surface area contributed by atoms with Crippen LogP contribution in [0.3, 0.4) is 0 Å². The van der Waals surface area contributed by atoms with Gasteiger partial charge in [0.2, 0.25) is 10.0 Å². The molecular formula is C12H26N2O2S. The maximum Gasteiger partial charge on any atom is 0.212 e. The summed E-state index contributed by atoms with van der Waals surface area (Å²) in [5.41, 5.74) is -0.00299. The van der Waals surface area contributed by atoms with Crippen molar-refractivity contribution in [3.8, 4) is 0 Å². The standard InChI is InChI=1S/C12H26N2O2S/c1-10(2)12(3,4)9-14-17(15,16)8-7-13-11-5-6-11/h10-11,13-14H,5-9H2,1-4H3. The molecule has 5 heteroatoms. The predicted octanol–water partition coefficient (Wildman–Crippen LogP) is 1.34. The summed E-state index contributed by atoms with van der Waals surface area (Å²) in [6, 6.07) is 0.567. The van der Waals surface area contributed by atoms with Gasteiger partial charge in [0.05, 0.1) is 5.75 Å². The fourth-order valence-corrected chi connectivity index (χ4v) is 2.38. The quantitative estimate of drug-likeness (QED) is 0.694. The van der Waals surface area contributed by atoms with Crippen LogP contribution in [0, 0.1) is 11.3 Å². The van der Waals surface area contributed by atoms with Crippen LogP contribution in [0.25, 0.3) is 0 Å². The number of nitrogens with one attached hydrogen (secondary N) is 2. The monoisotopic (exact) mass is 262 g/mol. The van der Waals surface area contributed by atoms with Gasteiger partial charge in [0.25, 0.3) is 0 Å². The summed E-state index contributed by atoms with van der Waals surface area (Å²) < 4.78 is 26.2. The summed E-state index contributed by atoms with van der Waals surface area (Å²) in [6.45, 7) is 9.47. The second kappa shape index (κ2) is 5.67. The van der Waals surface area contributed by atoms with E-state index in [1.54, 1.807) is 0 Å². The number of hydrogen-bond acceptors (Lipinski definition) is 3. The van der Waals surface area contributed by atoms with Crippen LogP contribution in [0.2, 0.25) is 0 Å². The Bertz CT molecular complexity index is 332. The fourth-order valence-electron chi connectivity index (χ4n) is 1.26. The van der Waals surface area contributed by atoms with Crippen molar-refractivity contribution in [2.75, 3.05) is 18.8 Å². The Balaban J connectivity index is 2.27. The highest BCUT2D eigenvalue weighted by atomic mass is 32.2. The smallest absolute Gasteiger partial charge is 0.212 e. The molecule has 17 heavy (non-hydrogen) atoms. The Morgan fingerprint density at radius 1 is 1.29 bits per heavy atom. The zero-order chi connectivity index (χ0) is 13.1. The van der Waals surface area contributed by atoms with Crippen LogP contribution < -0.4 is 10.0 Å². The molecule has 0 atom stereocenters. The van der Waals surface area contributed by atoms with Crippen molar-refractivity contribution < 1.29 is 8.42 Å². The average molecular weight is 262 g/mol. The van der Waals surface area contributed by atoms with Crippen LogP contribution in [0.4, 0.5) is 0 Å². The molecule has 0 radical (unpaired) electrons. The van der Waals surface area contributed by atoms with Gasteiger partial charge in [-0.15, -0.1) is 0 Å². The number of hydrogen-bond donors (Lipinski definition) is 2. The van der Waals surface area contributed by atoms with Gasteiger partial charge in [-0.25, -0.2) is 13.1 Å². The van der Waals surface area contributed by atoms with E-state index >= 15 is 0 Å². The molecule has 0 aromatic carbocycles.